The monoisotopic (exact) mass is 624 g/mol. The van der Waals surface area contributed by atoms with E-state index < -0.39 is 12.2 Å². The summed E-state index contributed by atoms with van der Waals surface area (Å²) in [5, 5.41) is 3.88. The lowest BCUT2D eigenvalue weighted by atomic mass is 10.0. The molecule has 2 amide bonds. The van der Waals surface area contributed by atoms with Crippen molar-refractivity contribution in [1.29, 1.82) is 0 Å². The van der Waals surface area contributed by atoms with Crippen LogP contribution in [0.25, 0.3) is 33.6 Å². The Morgan fingerprint density at radius 3 is 2.67 bits per heavy atom. The third-order valence-corrected chi connectivity index (χ3v) is 8.81. The number of pyridine rings is 2. The molecule has 2 aliphatic rings. The number of piperidine rings is 1. The highest BCUT2D eigenvalue weighted by atomic mass is 19.1. The number of anilines is 1. The van der Waals surface area contributed by atoms with E-state index in [9.17, 15) is 14.0 Å². The van der Waals surface area contributed by atoms with Crippen LogP contribution in [0.1, 0.15) is 41.0 Å². The number of rotatable bonds is 8. The first-order valence-electron chi connectivity index (χ1n) is 15.6. The summed E-state index contributed by atoms with van der Waals surface area (Å²) in [5.74, 6) is 1.29. The van der Waals surface area contributed by atoms with Gasteiger partial charge in [0.2, 0.25) is 5.91 Å². The molecule has 1 aliphatic carbocycles. The first kappa shape index (κ1) is 29.8. The third kappa shape index (κ3) is 5.80. The van der Waals surface area contributed by atoms with Crippen LogP contribution in [0.4, 0.5) is 10.1 Å². The van der Waals surface area contributed by atoms with Gasteiger partial charge in [-0.05, 0) is 74.6 Å². The van der Waals surface area contributed by atoms with Gasteiger partial charge in [0.25, 0.3) is 5.91 Å². The number of alkyl halides is 1. The molecule has 7 rings (SSSR count). The number of aromatic nitrogens is 5. The van der Waals surface area contributed by atoms with Crippen LogP contribution >= 0.6 is 0 Å². The molecule has 3 N–H and O–H groups in total. The molecule has 5 heterocycles. The van der Waals surface area contributed by atoms with Crippen molar-refractivity contribution in [1.82, 2.24) is 29.0 Å². The Morgan fingerprint density at radius 1 is 1.11 bits per heavy atom. The Bertz CT molecular complexity index is 1970. The number of fused-ring (bicyclic) bond motifs is 2. The third-order valence-electron chi connectivity index (χ3n) is 8.81. The predicted octanol–water partition coefficient (Wildman–Crippen LogP) is 4.40. The van der Waals surface area contributed by atoms with Gasteiger partial charge < -0.3 is 29.8 Å². The number of amides is 2. The number of methoxy groups -OCH3 is 1. The zero-order chi connectivity index (χ0) is 32.1. The molecule has 46 heavy (non-hydrogen) atoms. The minimum absolute atomic E-state index is 0.0156. The van der Waals surface area contributed by atoms with E-state index in [4.69, 9.17) is 20.4 Å². The first-order chi connectivity index (χ1) is 22.2. The second-order valence-corrected chi connectivity index (χ2v) is 12.6. The molecule has 2 fully saturated rings. The zero-order valence-electron chi connectivity index (χ0n) is 26.2. The van der Waals surface area contributed by atoms with Gasteiger partial charge in [0.1, 0.15) is 23.1 Å². The van der Waals surface area contributed by atoms with E-state index in [-0.39, 0.29) is 31.2 Å². The zero-order valence-corrected chi connectivity index (χ0v) is 26.2. The molecule has 4 aromatic heterocycles. The smallest absolute Gasteiger partial charge is 0.254 e. The summed E-state index contributed by atoms with van der Waals surface area (Å²) >= 11 is 0. The fourth-order valence-electron chi connectivity index (χ4n) is 6.43. The van der Waals surface area contributed by atoms with Crippen LogP contribution < -0.4 is 15.8 Å². The van der Waals surface area contributed by atoms with Crippen LogP contribution in [0.2, 0.25) is 0 Å². The number of aryl methyl sites for hydroxylation is 2. The van der Waals surface area contributed by atoms with Crippen molar-refractivity contribution < 1.29 is 18.7 Å². The highest BCUT2D eigenvalue weighted by molar-refractivity contribution is 6.00. The van der Waals surface area contributed by atoms with E-state index in [0.29, 0.717) is 46.5 Å². The average Bonchev–Trinajstić information content (AvgIpc) is 3.69. The van der Waals surface area contributed by atoms with E-state index in [1.54, 1.807) is 31.5 Å². The number of hydrogen-bond donors (Lipinski definition) is 2. The number of carbonyl (C=O) groups excluding carboxylic acids is 2. The lowest BCUT2D eigenvalue weighted by Gasteiger charge is -2.33. The van der Waals surface area contributed by atoms with E-state index in [2.05, 4.69) is 20.9 Å². The first-order valence-corrected chi connectivity index (χ1v) is 15.6. The molecule has 1 aliphatic heterocycles. The van der Waals surface area contributed by atoms with E-state index >= 15 is 0 Å². The number of halogens is 1. The fourth-order valence-corrected chi connectivity index (χ4v) is 6.43. The Labute approximate surface area is 265 Å². The minimum Gasteiger partial charge on any atom is -0.494 e. The lowest BCUT2D eigenvalue weighted by Crippen LogP contribution is -2.50. The highest BCUT2D eigenvalue weighted by Gasteiger charge is 2.30. The fraction of sp³-hybridized carbons (Fsp3) is 0.382. The van der Waals surface area contributed by atoms with Crippen molar-refractivity contribution in [2.75, 3.05) is 25.5 Å². The molecule has 12 heteroatoms. The summed E-state index contributed by atoms with van der Waals surface area (Å²) in [6.07, 6.45) is 3.19. The molecule has 0 bridgehead atoms. The van der Waals surface area contributed by atoms with Crippen molar-refractivity contribution in [3.8, 4) is 17.3 Å². The molecule has 1 saturated carbocycles. The molecule has 0 radical (unpaired) electrons. The molecule has 11 nitrogen and oxygen atoms in total. The maximum Gasteiger partial charge on any atom is 0.254 e. The van der Waals surface area contributed by atoms with Gasteiger partial charge >= 0.3 is 0 Å². The molecule has 0 unspecified atom stereocenters. The van der Waals surface area contributed by atoms with Crippen LogP contribution in [0.3, 0.4) is 0 Å². The van der Waals surface area contributed by atoms with Gasteiger partial charge in [0.15, 0.2) is 5.82 Å². The molecular weight excluding hydrogens is 587 g/mol. The summed E-state index contributed by atoms with van der Waals surface area (Å²) < 4.78 is 24.2. The van der Waals surface area contributed by atoms with Crippen LogP contribution in [0, 0.1) is 12.8 Å². The highest BCUT2D eigenvalue weighted by Crippen LogP contribution is 2.38. The van der Waals surface area contributed by atoms with E-state index in [1.807, 2.05) is 36.7 Å². The second kappa shape index (κ2) is 11.8. The normalized spacial score (nSPS) is 18.3. The standard InChI is InChI=1S/C34H37FN8O3/c1-19-10-26(8-9-37-19)38-30(44)15-25-7-6-21-12-28(43(32(21)39-25)16-20-4-5-20)33-40-27-11-22(13-29(46-3)31(27)41(33)2)34(45)42-17-23(35)14-24(36)18-42/h6-13,20,23-24H,4-5,14-18,36H2,1-3H3,(H,37,38,44)/t23-,24-/m1/s1. The second-order valence-electron chi connectivity index (χ2n) is 12.6. The quantitative estimate of drug-likeness (QED) is 0.261. The Hall–Kier alpha value is -4.84. The van der Waals surface area contributed by atoms with Crippen molar-refractivity contribution >= 4 is 39.6 Å². The Morgan fingerprint density at radius 2 is 1.93 bits per heavy atom. The van der Waals surface area contributed by atoms with Crippen molar-refractivity contribution in [3.05, 3.63) is 65.6 Å². The number of hydrogen-bond acceptors (Lipinski definition) is 7. The van der Waals surface area contributed by atoms with Crippen LogP contribution in [-0.2, 0) is 24.8 Å². The van der Waals surface area contributed by atoms with Gasteiger partial charge in [-0.15, -0.1) is 0 Å². The molecule has 1 aromatic carbocycles. The number of carbonyl (C=O) groups is 2. The van der Waals surface area contributed by atoms with Crippen molar-refractivity contribution in [2.24, 2.45) is 18.7 Å². The Balaban J connectivity index is 1.25. The lowest BCUT2D eigenvalue weighted by molar-refractivity contribution is -0.115. The van der Waals surface area contributed by atoms with Gasteiger partial charge in [-0.1, -0.05) is 0 Å². The number of imidazole rings is 1. The molecule has 238 valence electrons. The summed E-state index contributed by atoms with van der Waals surface area (Å²) in [6, 6.07) is 12.6. The summed E-state index contributed by atoms with van der Waals surface area (Å²) in [7, 11) is 3.49. The number of ether oxygens (including phenoxy) is 1. The SMILES string of the molecule is COc1cc(C(=O)N2C[C@H](N)C[C@@H](F)C2)cc2nc(-c3cc4ccc(CC(=O)Nc5ccnc(C)c5)nc4n3CC3CC3)n(C)c12. The number of likely N-dealkylation sites (tertiary alicyclic amines) is 1. The number of nitrogens with two attached hydrogens (primary N) is 1. The average molecular weight is 625 g/mol. The molecular formula is C34H37FN8O3. The summed E-state index contributed by atoms with van der Waals surface area (Å²) in [5.41, 5.74) is 11.6. The van der Waals surface area contributed by atoms with E-state index in [1.165, 1.54) is 4.90 Å². The Kier molecular flexibility index (Phi) is 7.67. The number of nitrogens with zero attached hydrogens (tertiary/aromatic N) is 6. The van der Waals surface area contributed by atoms with Crippen LogP contribution in [-0.4, -0.2) is 73.2 Å². The van der Waals surface area contributed by atoms with Crippen molar-refractivity contribution in [3.63, 3.8) is 0 Å². The maximum absolute atomic E-state index is 14.3. The summed E-state index contributed by atoms with van der Waals surface area (Å²) in [6.45, 7) is 2.97. The molecule has 2 atom stereocenters. The van der Waals surface area contributed by atoms with Gasteiger partial charge in [0.05, 0.1) is 37.0 Å². The van der Waals surface area contributed by atoms with Gasteiger partial charge in [-0.2, -0.15) is 0 Å². The maximum atomic E-state index is 14.3. The van der Waals surface area contributed by atoms with Crippen LogP contribution in [0.15, 0.2) is 48.7 Å². The van der Waals surface area contributed by atoms with Gasteiger partial charge in [-0.25, -0.2) is 14.4 Å². The van der Waals surface area contributed by atoms with Crippen LogP contribution in [0.5, 0.6) is 5.75 Å². The van der Waals surface area contributed by atoms with Gasteiger partial charge in [-0.3, -0.25) is 14.6 Å². The summed E-state index contributed by atoms with van der Waals surface area (Å²) in [4.78, 5) is 42.0. The number of nitrogens with one attached hydrogen (secondary N) is 1. The van der Waals surface area contributed by atoms with Crippen molar-refractivity contribution in [2.45, 2.75) is 51.4 Å². The molecule has 5 aromatic rings. The molecule has 1 saturated heterocycles. The predicted molar refractivity (Wildman–Crippen MR) is 173 cm³/mol. The molecule has 0 spiro atoms. The van der Waals surface area contributed by atoms with E-state index in [0.717, 1.165) is 47.3 Å². The van der Waals surface area contributed by atoms with Gasteiger partial charge in [0, 0.05) is 54.7 Å². The topological polar surface area (TPSA) is 133 Å². The minimum atomic E-state index is -1.15. The number of benzene rings is 1. The largest absolute Gasteiger partial charge is 0.494 e.